The van der Waals surface area contributed by atoms with E-state index >= 15 is 0 Å². The van der Waals surface area contributed by atoms with Crippen molar-refractivity contribution in [1.82, 2.24) is 20.5 Å². The van der Waals surface area contributed by atoms with E-state index in [0.717, 1.165) is 5.56 Å². The number of rotatable bonds is 5. The number of nitrogens with one attached hydrogen (secondary N) is 1. The first-order valence-corrected chi connectivity index (χ1v) is 6.46. The maximum atomic E-state index is 10.9. The van der Waals surface area contributed by atoms with E-state index < -0.39 is 5.91 Å². The molecule has 1 aromatic carbocycles. The Balaban J connectivity index is 2.02. The van der Waals surface area contributed by atoms with Gasteiger partial charge in [-0.05, 0) is 18.6 Å². The molecule has 2 rings (SSSR count). The number of hydrogen-bond donors (Lipinski definition) is 2. The van der Waals surface area contributed by atoms with E-state index in [9.17, 15) is 4.79 Å². The van der Waals surface area contributed by atoms with E-state index in [1.807, 2.05) is 49.4 Å². The fourth-order valence-corrected chi connectivity index (χ4v) is 1.67. The molecule has 2 N–H and O–H groups in total. The van der Waals surface area contributed by atoms with Crippen LogP contribution in [0.3, 0.4) is 0 Å². The molecule has 1 unspecified atom stereocenters. The molecule has 0 aliphatic carbocycles. The summed E-state index contributed by atoms with van der Waals surface area (Å²) in [6.45, 7) is 1.99. The predicted octanol–water partition coefficient (Wildman–Crippen LogP) is 2.07. The van der Waals surface area contributed by atoms with E-state index in [1.165, 1.54) is 17.6 Å². The van der Waals surface area contributed by atoms with Crippen LogP contribution in [0.1, 0.15) is 24.2 Å². The fourth-order valence-electron chi connectivity index (χ4n) is 1.67. The number of nitrogens with zero attached hydrogens (tertiary/aromatic N) is 3. The second-order valence-corrected chi connectivity index (χ2v) is 4.44. The molecule has 108 valence electrons. The third kappa shape index (κ3) is 4.39. The summed E-state index contributed by atoms with van der Waals surface area (Å²) >= 11 is 0. The van der Waals surface area contributed by atoms with Crippen LogP contribution in [0.15, 0.2) is 48.7 Å². The van der Waals surface area contributed by atoms with Crippen molar-refractivity contribution in [3.8, 4) is 0 Å². The average molecular weight is 284 g/mol. The average Bonchev–Trinajstić information content (AvgIpc) is 3.00. The minimum Gasteiger partial charge on any atom is -0.288 e. The van der Waals surface area contributed by atoms with Crippen LogP contribution in [0.4, 0.5) is 0 Å². The molecule has 0 saturated heterocycles. The van der Waals surface area contributed by atoms with Crippen molar-refractivity contribution < 1.29 is 10.0 Å². The molecular weight excluding hydrogens is 268 g/mol. The van der Waals surface area contributed by atoms with Crippen LogP contribution in [0.5, 0.6) is 0 Å². The van der Waals surface area contributed by atoms with Gasteiger partial charge in [-0.1, -0.05) is 47.7 Å². The summed E-state index contributed by atoms with van der Waals surface area (Å²) in [4.78, 5) is 10.9. The van der Waals surface area contributed by atoms with Gasteiger partial charge in [0.25, 0.3) is 5.91 Å². The van der Waals surface area contributed by atoms with Crippen LogP contribution in [0.2, 0.25) is 0 Å². The first-order valence-electron chi connectivity index (χ1n) is 6.46. The highest BCUT2D eigenvalue weighted by molar-refractivity contribution is 5.90. The Bertz CT molecular complexity index is 647. The lowest BCUT2D eigenvalue weighted by Gasteiger charge is -2.04. The highest BCUT2D eigenvalue weighted by Gasteiger charge is 2.03. The van der Waals surface area contributed by atoms with Crippen molar-refractivity contribution in [1.29, 1.82) is 0 Å². The van der Waals surface area contributed by atoms with E-state index in [-0.39, 0.29) is 6.04 Å². The number of carbonyl (C=O) groups is 1. The summed E-state index contributed by atoms with van der Waals surface area (Å²) in [5, 5.41) is 16.3. The number of allylic oxidation sites excluding steroid dienone is 1. The summed E-state index contributed by atoms with van der Waals surface area (Å²) in [5.41, 5.74) is 3.17. The van der Waals surface area contributed by atoms with Gasteiger partial charge in [0.15, 0.2) is 0 Å². The predicted molar refractivity (Wildman–Crippen MR) is 79.2 cm³/mol. The summed E-state index contributed by atoms with van der Waals surface area (Å²) in [7, 11) is 0. The van der Waals surface area contributed by atoms with Gasteiger partial charge < -0.3 is 0 Å². The first-order chi connectivity index (χ1) is 10.2. The van der Waals surface area contributed by atoms with Crippen LogP contribution in [-0.4, -0.2) is 26.1 Å². The molecule has 1 amide bonds. The highest BCUT2D eigenvalue weighted by atomic mass is 16.5. The SMILES string of the molecule is CC(/C=C/c1ccccc1)n1cc(/C=C/C(=O)NO)nn1. The Morgan fingerprint density at radius 1 is 1.33 bits per heavy atom. The Morgan fingerprint density at radius 3 is 2.81 bits per heavy atom. The van der Waals surface area contributed by atoms with Crippen molar-refractivity contribution >= 4 is 18.1 Å². The largest absolute Gasteiger partial charge is 0.288 e. The third-order valence-corrected chi connectivity index (χ3v) is 2.83. The van der Waals surface area contributed by atoms with Crippen molar-refractivity contribution in [2.45, 2.75) is 13.0 Å². The second kappa shape index (κ2) is 7.16. The van der Waals surface area contributed by atoms with E-state index in [4.69, 9.17) is 5.21 Å². The van der Waals surface area contributed by atoms with Crippen molar-refractivity contribution in [3.63, 3.8) is 0 Å². The van der Waals surface area contributed by atoms with Gasteiger partial charge in [-0.25, -0.2) is 10.2 Å². The summed E-state index contributed by atoms with van der Waals surface area (Å²) < 4.78 is 1.69. The molecule has 6 heteroatoms. The topological polar surface area (TPSA) is 80.0 Å². The molecule has 0 bridgehead atoms. The normalized spacial score (nSPS) is 12.9. The van der Waals surface area contributed by atoms with Gasteiger partial charge in [0.05, 0.1) is 12.2 Å². The minimum absolute atomic E-state index is 0.0338. The molecule has 1 heterocycles. The molecule has 0 saturated carbocycles. The standard InChI is InChI=1S/C15H16N4O2/c1-12(7-8-13-5-3-2-4-6-13)19-11-14(16-18-19)9-10-15(20)17-21/h2-12,21H,1H3,(H,17,20)/b8-7+,10-9+. The Hall–Kier alpha value is -2.73. The van der Waals surface area contributed by atoms with Gasteiger partial charge in [0, 0.05) is 6.08 Å². The second-order valence-electron chi connectivity index (χ2n) is 4.44. The zero-order valence-electron chi connectivity index (χ0n) is 11.5. The zero-order valence-corrected chi connectivity index (χ0v) is 11.5. The maximum Gasteiger partial charge on any atom is 0.267 e. The van der Waals surface area contributed by atoms with Gasteiger partial charge in [-0.2, -0.15) is 0 Å². The van der Waals surface area contributed by atoms with Gasteiger partial charge in [-0.3, -0.25) is 10.0 Å². The minimum atomic E-state index is -0.610. The maximum absolute atomic E-state index is 10.9. The number of benzene rings is 1. The number of hydroxylamine groups is 1. The summed E-state index contributed by atoms with van der Waals surface area (Å²) in [5.74, 6) is -0.610. The monoisotopic (exact) mass is 284 g/mol. The summed E-state index contributed by atoms with van der Waals surface area (Å²) in [6, 6.07) is 10.0. The van der Waals surface area contributed by atoms with E-state index in [0.29, 0.717) is 5.69 Å². The molecule has 0 fully saturated rings. The number of carbonyl (C=O) groups excluding carboxylic acids is 1. The Kier molecular flexibility index (Phi) is 5.00. The molecular formula is C15H16N4O2. The smallest absolute Gasteiger partial charge is 0.267 e. The Morgan fingerprint density at radius 2 is 2.10 bits per heavy atom. The van der Waals surface area contributed by atoms with Crippen LogP contribution in [0, 0.1) is 0 Å². The van der Waals surface area contributed by atoms with Gasteiger partial charge >= 0.3 is 0 Å². The molecule has 1 atom stereocenters. The molecule has 0 radical (unpaired) electrons. The lowest BCUT2D eigenvalue weighted by Crippen LogP contribution is -2.14. The molecule has 1 aromatic heterocycles. The van der Waals surface area contributed by atoms with Crippen LogP contribution >= 0.6 is 0 Å². The molecule has 0 aliphatic heterocycles. The Labute approximate surface area is 122 Å². The fraction of sp³-hybridized carbons (Fsp3) is 0.133. The number of amides is 1. The van der Waals surface area contributed by atoms with Crippen LogP contribution in [0.25, 0.3) is 12.2 Å². The van der Waals surface area contributed by atoms with Crippen LogP contribution < -0.4 is 5.48 Å². The highest BCUT2D eigenvalue weighted by Crippen LogP contribution is 2.10. The van der Waals surface area contributed by atoms with Crippen LogP contribution in [-0.2, 0) is 4.79 Å². The van der Waals surface area contributed by atoms with Crippen molar-refractivity contribution in [3.05, 3.63) is 59.9 Å². The molecule has 21 heavy (non-hydrogen) atoms. The summed E-state index contributed by atoms with van der Waals surface area (Å²) in [6.07, 6.45) is 8.40. The van der Waals surface area contributed by atoms with Gasteiger partial charge in [0.2, 0.25) is 0 Å². The van der Waals surface area contributed by atoms with Gasteiger partial charge in [-0.15, -0.1) is 5.10 Å². The quantitative estimate of drug-likeness (QED) is 0.500. The van der Waals surface area contributed by atoms with Gasteiger partial charge in [0.1, 0.15) is 5.69 Å². The number of aromatic nitrogens is 3. The molecule has 6 nitrogen and oxygen atoms in total. The van der Waals surface area contributed by atoms with E-state index in [1.54, 1.807) is 10.9 Å². The van der Waals surface area contributed by atoms with Crippen molar-refractivity contribution in [2.24, 2.45) is 0 Å². The molecule has 2 aromatic rings. The lowest BCUT2D eigenvalue weighted by molar-refractivity contribution is -0.124. The zero-order chi connectivity index (χ0) is 15.1. The number of hydrogen-bond acceptors (Lipinski definition) is 4. The van der Waals surface area contributed by atoms with Crippen molar-refractivity contribution in [2.75, 3.05) is 0 Å². The van der Waals surface area contributed by atoms with E-state index in [2.05, 4.69) is 10.3 Å². The lowest BCUT2D eigenvalue weighted by atomic mass is 10.2. The molecule has 0 aliphatic rings. The third-order valence-electron chi connectivity index (χ3n) is 2.83. The molecule has 0 spiro atoms. The first kappa shape index (κ1) is 14.7.